The number of hydrogen-bond donors (Lipinski definition) is 1. The first-order chi connectivity index (χ1) is 8.56. The number of nitrogens with zero attached hydrogens (tertiary/aromatic N) is 1. The van der Waals surface area contributed by atoms with Gasteiger partial charge >= 0.3 is 0 Å². The predicted molar refractivity (Wildman–Crippen MR) is 104 cm³/mol. The summed E-state index contributed by atoms with van der Waals surface area (Å²) >= 11 is 0. The van der Waals surface area contributed by atoms with Gasteiger partial charge in [0.05, 0.1) is 27.7 Å². The molecule has 0 fully saturated rings. The third kappa shape index (κ3) is 29.9. The average Bonchev–Trinajstić information content (AvgIpc) is 2.29. The molecule has 134 valence electrons. The van der Waals surface area contributed by atoms with E-state index in [1.54, 1.807) is 0 Å². The molecule has 0 aromatic heterocycles. The Hall–Kier alpha value is 1.38. The lowest BCUT2D eigenvalue weighted by Crippen LogP contribution is -3.00. The maximum absolute atomic E-state index is 2.29. The average molecular weight is 528 g/mol. The van der Waals surface area contributed by atoms with E-state index in [4.69, 9.17) is 0 Å². The highest BCUT2D eigenvalue weighted by Gasteiger charge is 2.04. The number of unbranched alkanes of at least 4 members (excludes halogenated alkanes) is 11. The molecule has 0 saturated carbocycles. The van der Waals surface area contributed by atoms with E-state index in [0.29, 0.717) is 0 Å². The fraction of sp³-hybridized carbons (Fsp3) is 1.00. The Morgan fingerprint density at radius 1 is 0.571 bits per heavy atom. The molecule has 0 aliphatic carbocycles. The summed E-state index contributed by atoms with van der Waals surface area (Å²) in [5.74, 6) is 0. The van der Waals surface area contributed by atoms with Gasteiger partial charge in [-0.1, -0.05) is 71.1 Å². The normalized spacial score (nSPS) is 10.3. The first kappa shape index (κ1) is 30.3. The lowest BCUT2D eigenvalue weighted by Gasteiger charge is -2.23. The van der Waals surface area contributed by atoms with Gasteiger partial charge in [0.2, 0.25) is 0 Å². The maximum atomic E-state index is 2.29. The minimum atomic E-state index is 0. The van der Waals surface area contributed by atoms with Gasteiger partial charge in [0, 0.05) is 0 Å². The molecule has 4 heteroatoms. The van der Waals surface area contributed by atoms with Crippen LogP contribution in [0.25, 0.3) is 0 Å². The quantitative estimate of drug-likeness (QED) is 0.223. The van der Waals surface area contributed by atoms with Crippen LogP contribution in [0.1, 0.15) is 84.0 Å². The van der Waals surface area contributed by atoms with Gasteiger partial charge in [-0.2, -0.15) is 0 Å². The molecule has 21 heavy (non-hydrogen) atoms. The molecular weight excluding hydrogens is 486 g/mol. The van der Waals surface area contributed by atoms with Gasteiger partial charge in [0.1, 0.15) is 0 Å². The molecule has 0 aromatic carbocycles. The smallest absolute Gasteiger partial charge is 0.0780 e. The zero-order valence-electron chi connectivity index (χ0n) is 15.1. The highest BCUT2D eigenvalue weighted by molar-refractivity contribution is 14.0. The third-order valence-corrected chi connectivity index (χ3v) is 3.68. The monoisotopic (exact) mass is 528 g/mol. The van der Waals surface area contributed by atoms with Crippen LogP contribution < -0.4 is 30.1 Å². The first-order valence-corrected chi connectivity index (χ1v) is 8.36. The molecule has 2 nitrogen and oxygen atoms in total. The first-order valence-electron chi connectivity index (χ1n) is 8.36. The second kappa shape index (κ2) is 21.4. The summed E-state index contributed by atoms with van der Waals surface area (Å²) in [6.07, 6.45) is 17.4. The molecule has 0 radical (unpaired) electrons. The van der Waals surface area contributed by atoms with Crippen LogP contribution in [0.3, 0.4) is 0 Å². The Bertz CT molecular complexity index is 171. The van der Waals surface area contributed by atoms with Crippen LogP contribution in [0.15, 0.2) is 0 Å². The molecule has 0 saturated heterocycles. The number of rotatable bonds is 13. The van der Waals surface area contributed by atoms with Crippen molar-refractivity contribution < 1.29 is 28.5 Å². The highest BCUT2D eigenvalue weighted by atomic mass is 127. The van der Waals surface area contributed by atoms with Gasteiger partial charge in [0.25, 0.3) is 0 Å². The minimum absolute atomic E-state index is 0. The molecular formula is C17H42I2N2. The molecule has 3 N–H and O–H groups in total. The lowest BCUT2D eigenvalue weighted by molar-refractivity contribution is -0.870. The second-order valence-corrected chi connectivity index (χ2v) is 6.90. The molecule has 0 heterocycles. The Morgan fingerprint density at radius 3 is 1.14 bits per heavy atom. The zero-order chi connectivity index (χ0) is 13.7. The number of halogens is 2. The fourth-order valence-electron chi connectivity index (χ4n) is 2.43. The van der Waals surface area contributed by atoms with Crippen molar-refractivity contribution in [2.24, 2.45) is 0 Å². The van der Waals surface area contributed by atoms with Crippen LogP contribution >= 0.6 is 24.0 Å². The lowest BCUT2D eigenvalue weighted by atomic mass is 10.1. The highest BCUT2D eigenvalue weighted by Crippen LogP contribution is 2.12. The fourth-order valence-corrected chi connectivity index (χ4v) is 2.43. The summed E-state index contributed by atoms with van der Waals surface area (Å²) in [6, 6.07) is 0. The predicted octanol–water partition coefficient (Wildman–Crippen LogP) is 3.18. The van der Waals surface area contributed by atoms with Crippen molar-refractivity contribution in [3.05, 3.63) is 0 Å². The van der Waals surface area contributed by atoms with Crippen LogP contribution in [-0.4, -0.2) is 32.2 Å². The van der Waals surface area contributed by atoms with Crippen molar-refractivity contribution in [1.82, 2.24) is 6.15 Å². The standard InChI is InChI=1S/C17H38N.2HI.H3N/c1-5-6-7-8-9-10-11-12-13-14-15-16-17-18(2,3)4;;;/h5-17H2,1-4H3;2*1H;1H3/q+1;;;/p-1. The van der Waals surface area contributed by atoms with Crippen molar-refractivity contribution in [3.63, 3.8) is 0 Å². The maximum Gasteiger partial charge on any atom is 0.0780 e. The van der Waals surface area contributed by atoms with Gasteiger partial charge < -0.3 is 34.6 Å². The van der Waals surface area contributed by atoms with Crippen molar-refractivity contribution in [3.8, 4) is 0 Å². The molecule has 0 atom stereocenters. The van der Waals surface area contributed by atoms with E-state index in [9.17, 15) is 0 Å². The van der Waals surface area contributed by atoms with E-state index in [1.165, 1.54) is 83.6 Å². The van der Waals surface area contributed by atoms with Gasteiger partial charge in [-0.15, -0.1) is 24.0 Å². The Kier molecular flexibility index (Phi) is 30.8. The molecule has 0 unspecified atom stereocenters. The van der Waals surface area contributed by atoms with Crippen LogP contribution in [0.2, 0.25) is 0 Å². The largest absolute Gasteiger partial charge is 1.00 e. The van der Waals surface area contributed by atoms with Crippen LogP contribution in [0, 0.1) is 0 Å². The summed E-state index contributed by atoms with van der Waals surface area (Å²) in [7, 11) is 6.87. The van der Waals surface area contributed by atoms with Crippen molar-refractivity contribution in [2.45, 2.75) is 84.0 Å². The minimum Gasteiger partial charge on any atom is -1.00 e. The number of quaternary nitrogens is 1. The van der Waals surface area contributed by atoms with Crippen molar-refractivity contribution in [2.75, 3.05) is 27.7 Å². The summed E-state index contributed by atoms with van der Waals surface area (Å²) in [5, 5.41) is 0. The van der Waals surface area contributed by atoms with Gasteiger partial charge in [0.15, 0.2) is 0 Å². The summed E-state index contributed by atoms with van der Waals surface area (Å²) < 4.78 is 1.12. The Labute approximate surface area is 169 Å². The van der Waals surface area contributed by atoms with Gasteiger partial charge in [-0.05, 0) is 12.8 Å². The van der Waals surface area contributed by atoms with E-state index in [1.807, 2.05) is 0 Å². The molecule has 0 spiro atoms. The third-order valence-electron chi connectivity index (χ3n) is 3.68. The molecule has 0 aliphatic rings. The van der Waals surface area contributed by atoms with E-state index in [2.05, 4.69) is 28.1 Å². The van der Waals surface area contributed by atoms with Gasteiger partial charge in [-0.3, -0.25) is 0 Å². The van der Waals surface area contributed by atoms with Crippen molar-refractivity contribution >= 4 is 24.0 Å². The van der Waals surface area contributed by atoms with E-state index < -0.39 is 0 Å². The second-order valence-electron chi connectivity index (χ2n) is 6.90. The Balaban J connectivity index is -0.000000482. The van der Waals surface area contributed by atoms with Crippen LogP contribution in [0.4, 0.5) is 0 Å². The zero-order valence-corrected chi connectivity index (χ0v) is 19.6. The topological polar surface area (TPSA) is 35.0 Å². The van der Waals surface area contributed by atoms with Crippen molar-refractivity contribution in [1.29, 1.82) is 0 Å². The molecule has 0 aromatic rings. The van der Waals surface area contributed by atoms with Crippen LogP contribution in [0.5, 0.6) is 0 Å². The molecule has 0 amide bonds. The molecule has 0 aliphatic heterocycles. The van der Waals surface area contributed by atoms with Gasteiger partial charge in [-0.25, -0.2) is 0 Å². The van der Waals surface area contributed by atoms with Crippen LogP contribution in [-0.2, 0) is 0 Å². The molecule has 0 bridgehead atoms. The van der Waals surface area contributed by atoms with E-state index in [-0.39, 0.29) is 54.1 Å². The number of hydrogen-bond acceptors (Lipinski definition) is 1. The summed E-state index contributed by atoms with van der Waals surface area (Å²) in [5.41, 5.74) is 0. The Morgan fingerprint density at radius 2 is 0.857 bits per heavy atom. The molecule has 0 rings (SSSR count). The van der Waals surface area contributed by atoms with E-state index >= 15 is 0 Å². The summed E-state index contributed by atoms with van der Waals surface area (Å²) in [6.45, 7) is 3.62. The SMILES string of the molecule is CCCCCCCCCCCCCC[N+](C)(C)C.I.N.[I-]. The summed E-state index contributed by atoms with van der Waals surface area (Å²) in [4.78, 5) is 0. The van der Waals surface area contributed by atoms with E-state index in [0.717, 1.165) is 4.48 Å².